The molecule has 1 aromatic carbocycles. The number of anilines is 3. The Balaban J connectivity index is 2.41. The minimum atomic E-state index is -1.41. The summed E-state index contributed by atoms with van der Waals surface area (Å²) in [4.78, 5) is 6.99. The minimum Gasteiger partial charge on any atom is -0.335 e. The van der Waals surface area contributed by atoms with Crippen LogP contribution in [0.25, 0.3) is 0 Å². The van der Waals surface area contributed by atoms with E-state index in [1.807, 2.05) is 5.43 Å². The first kappa shape index (κ1) is 13.0. The van der Waals surface area contributed by atoms with Gasteiger partial charge < -0.3 is 5.32 Å². The molecule has 0 atom stereocenters. The van der Waals surface area contributed by atoms with Gasteiger partial charge in [-0.05, 0) is 0 Å². The highest BCUT2D eigenvalue weighted by atomic mass is 19.2. The first-order valence-corrected chi connectivity index (χ1v) is 4.92. The lowest BCUT2D eigenvalue weighted by Crippen LogP contribution is -2.12. The molecule has 0 saturated heterocycles. The Hall–Kier alpha value is -2.42. The zero-order chi connectivity index (χ0) is 14.0. The van der Waals surface area contributed by atoms with E-state index >= 15 is 0 Å². The molecule has 0 spiro atoms. The van der Waals surface area contributed by atoms with Crippen molar-refractivity contribution in [2.75, 3.05) is 10.7 Å². The van der Waals surface area contributed by atoms with Gasteiger partial charge in [0, 0.05) is 12.1 Å². The molecule has 2 aromatic rings. The van der Waals surface area contributed by atoms with E-state index in [1.165, 1.54) is 0 Å². The molecular weight excluding hydrogens is 266 g/mol. The highest BCUT2D eigenvalue weighted by molar-refractivity contribution is 5.58. The third-order valence-electron chi connectivity index (χ3n) is 2.12. The van der Waals surface area contributed by atoms with Crippen molar-refractivity contribution in [3.05, 3.63) is 41.6 Å². The lowest BCUT2D eigenvalue weighted by Gasteiger charge is -2.09. The smallest absolute Gasteiger partial charge is 0.239 e. The van der Waals surface area contributed by atoms with E-state index in [1.54, 1.807) is 0 Å². The Kier molecular flexibility index (Phi) is 3.47. The van der Waals surface area contributed by atoms with E-state index < -0.39 is 34.8 Å². The van der Waals surface area contributed by atoms with Crippen LogP contribution in [0.5, 0.6) is 0 Å². The summed E-state index contributed by atoms with van der Waals surface area (Å²) in [7, 11) is 0. The largest absolute Gasteiger partial charge is 0.335 e. The molecule has 9 heteroatoms. The second-order valence-electron chi connectivity index (χ2n) is 3.41. The van der Waals surface area contributed by atoms with Gasteiger partial charge >= 0.3 is 0 Å². The quantitative estimate of drug-likeness (QED) is 0.345. The fraction of sp³-hybridized carbons (Fsp3) is 0. The van der Waals surface area contributed by atoms with Crippen LogP contribution >= 0.6 is 0 Å². The number of nitrogens with zero attached hydrogens (tertiary/aromatic N) is 2. The number of hydrogen-bond acceptors (Lipinski definition) is 5. The Morgan fingerprint density at radius 3 is 2.47 bits per heavy atom. The SMILES string of the molecule is NNc1ncc(F)c(Nc2cc(F)cc(F)c2F)n1. The van der Waals surface area contributed by atoms with Crippen molar-refractivity contribution in [2.24, 2.45) is 5.84 Å². The average Bonchev–Trinajstić information content (AvgIpc) is 2.38. The molecule has 1 aromatic heterocycles. The van der Waals surface area contributed by atoms with E-state index in [-0.39, 0.29) is 5.95 Å². The Labute approximate surface area is 104 Å². The first-order chi connectivity index (χ1) is 9.01. The van der Waals surface area contributed by atoms with Crippen LogP contribution in [0.4, 0.5) is 35.0 Å². The zero-order valence-electron chi connectivity index (χ0n) is 9.22. The second-order valence-corrected chi connectivity index (χ2v) is 3.41. The molecule has 4 N–H and O–H groups in total. The van der Waals surface area contributed by atoms with Gasteiger partial charge in [-0.2, -0.15) is 4.98 Å². The summed E-state index contributed by atoms with van der Waals surface area (Å²) >= 11 is 0. The summed E-state index contributed by atoms with van der Waals surface area (Å²) in [5, 5.41) is 2.12. The molecule has 0 fully saturated rings. The molecule has 0 aliphatic heterocycles. The lowest BCUT2D eigenvalue weighted by molar-refractivity contribution is 0.498. The molecule has 100 valence electrons. The van der Waals surface area contributed by atoms with Crippen LogP contribution in [0.3, 0.4) is 0 Å². The summed E-state index contributed by atoms with van der Waals surface area (Å²) in [6, 6.07) is 1.03. The molecule has 0 saturated carbocycles. The maximum Gasteiger partial charge on any atom is 0.239 e. The van der Waals surface area contributed by atoms with Gasteiger partial charge in [-0.1, -0.05) is 0 Å². The van der Waals surface area contributed by atoms with Crippen LogP contribution in [0.1, 0.15) is 0 Å². The van der Waals surface area contributed by atoms with Crippen molar-refractivity contribution < 1.29 is 17.6 Å². The highest BCUT2D eigenvalue weighted by Crippen LogP contribution is 2.24. The highest BCUT2D eigenvalue weighted by Gasteiger charge is 2.14. The van der Waals surface area contributed by atoms with Gasteiger partial charge in [-0.15, -0.1) is 0 Å². The average molecular weight is 273 g/mol. The van der Waals surface area contributed by atoms with E-state index in [0.717, 1.165) is 6.20 Å². The van der Waals surface area contributed by atoms with Crippen LogP contribution in [-0.4, -0.2) is 9.97 Å². The summed E-state index contributed by atoms with van der Waals surface area (Å²) in [6.45, 7) is 0. The summed E-state index contributed by atoms with van der Waals surface area (Å²) in [5.74, 6) is -0.340. The number of nitrogens with one attached hydrogen (secondary N) is 2. The van der Waals surface area contributed by atoms with E-state index in [2.05, 4.69) is 15.3 Å². The van der Waals surface area contributed by atoms with Crippen LogP contribution < -0.4 is 16.6 Å². The molecule has 19 heavy (non-hydrogen) atoms. The normalized spacial score (nSPS) is 10.4. The molecule has 1 heterocycles. The number of halogens is 4. The molecule has 0 bridgehead atoms. The van der Waals surface area contributed by atoms with Gasteiger partial charge in [0.1, 0.15) is 5.82 Å². The summed E-state index contributed by atoms with van der Waals surface area (Å²) < 4.78 is 52.7. The third kappa shape index (κ3) is 2.71. The maximum atomic E-state index is 13.4. The van der Waals surface area contributed by atoms with Crippen LogP contribution in [0, 0.1) is 23.3 Å². The van der Waals surface area contributed by atoms with Gasteiger partial charge in [0.25, 0.3) is 0 Å². The fourth-order valence-corrected chi connectivity index (χ4v) is 1.30. The molecule has 0 unspecified atom stereocenters. The Bertz CT molecular complexity index is 619. The molecule has 0 aliphatic carbocycles. The van der Waals surface area contributed by atoms with Crippen LogP contribution in [0.15, 0.2) is 18.3 Å². The van der Waals surface area contributed by atoms with E-state index in [9.17, 15) is 17.6 Å². The summed E-state index contributed by atoms with van der Waals surface area (Å²) in [5.41, 5.74) is 1.45. The monoisotopic (exact) mass is 273 g/mol. The standard InChI is InChI=1S/C10H7F4N5/c11-4-1-5(12)8(14)7(2-4)17-9-6(13)3-16-10(18-9)19-15/h1-3H,15H2,(H2,16,17,18,19). The lowest BCUT2D eigenvalue weighted by atomic mass is 10.3. The first-order valence-electron chi connectivity index (χ1n) is 4.92. The number of rotatable bonds is 3. The minimum absolute atomic E-state index is 0.152. The van der Waals surface area contributed by atoms with E-state index in [4.69, 9.17) is 5.84 Å². The Morgan fingerprint density at radius 1 is 1.05 bits per heavy atom. The van der Waals surface area contributed by atoms with Crippen molar-refractivity contribution in [1.82, 2.24) is 9.97 Å². The fourth-order valence-electron chi connectivity index (χ4n) is 1.30. The van der Waals surface area contributed by atoms with Crippen LogP contribution in [0.2, 0.25) is 0 Å². The van der Waals surface area contributed by atoms with Gasteiger partial charge in [-0.3, -0.25) is 5.43 Å². The van der Waals surface area contributed by atoms with Gasteiger partial charge in [0.15, 0.2) is 23.3 Å². The van der Waals surface area contributed by atoms with E-state index in [0.29, 0.717) is 12.1 Å². The zero-order valence-corrected chi connectivity index (χ0v) is 9.22. The van der Waals surface area contributed by atoms with Gasteiger partial charge in [0.2, 0.25) is 5.95 Å². The van der Waals surface area contributed by atoms with Crippen molar-refractivity contribution in [2.45, 2.75) is 0 Å². The molecule has 0 radical (unpaired) electrons. The number of hydrogen-bond donors (Lipinski definition) is 3. The number of nitrogen functional groups attached to an aromatic ring is 1. The van der Waals surface area contributed by atoms with Crippen molar-refractivity contribution in [1.29, 1.82) is 0 Å². The number of aromatic nitrogens is 2. The summed E-state index contributed by atoms with van der Waals surface area (Å²) in [6.07, 6.45) is 0.762. The van der Waals surface area contributed by atoms with Gasteiger partial charge in [-0.25, -0.2) is 28.4 Å². The molecular formula is C10H7F4N5. The number of benzene rings is 1. The number of hydrazine groups is 1. The molecule has 0 aliphatic rings. The van der Waals surface area contributed by atoms with Crippen molar-refractivity contribution in [3.8, 4) is 0 Å². The molecule has 0 amide bonds. The maximum absolute atomic E-state index is 13.4. The van der Waals surface area contributed by atoms with Crippen molar-refractivity contribution in [3.63, 3.8) is 0 Å². The predicted octanol–water partition coefficient (Wildman–Crippen LogP) is 2.06. The van der Waals surface area contributed by atoms with Crippen LogP contribution in [-0.2, 0) is 0 Å². The topological polar surface area (TPSA) is 75.9 Å². The third-order valence-corrected chi connectivity index (χ3v) is 2.12. The van der Waals surface area contributed by atoms with Gasteiger partial charge in [0.05, 0.1) is 11.9 Å². The predicted molar refractivity (Wildman–Crippen MR) is 59.4 cm³/mol. The molecule has 2 rings (SSSR count). The second kappa shape index (κ2) is 5.06. The number of nitrogens with two attached hydrogens (primary N) is 1. The molecule has 5 nitrogen and oxygen atoms in total. The van der Waals surface area contributed by atoms with Crippen molar-refractivity contribution >= 4 is 17.5 Å². The Morgan fingerprint density at radius 2 is 1.79 bits per heavy atom.